The largest absolute Gasteiger partial charge is 0.482 e. The SMILES string of the molecule is CCN(CC)S(=O)(=O)c1ccc(NC(=O)CSc2nnc(COc3ccccc3F)n2N)cc1. The van der Waals surface area contributed by atoms with Gasteiger partial charge >= 0.3 is 0 Å². The van der Waals surface area contributed by atoms with E-state index in [0.29, 0.717) is 18.8 Å². The van der Waals surface area contributed by atoms with Gasteiger partial charge in [0.05, 0.1) is 10.6 Å². The number of sulfonamides is 1. The second-order valence-corrected chi connectivity index (χ2v) is 9.82. The summed E-state index contributed by atoms with van der Waals surface area (Å²) in [5.41, 5.74) is 0.456. The highest BCUT2D eigenvalue weighted by Gasteiger charge is 2.21. The fourth-order valence-electron chi connectivity index (χ4n) is 2.96. The first-order chi connectivity index (χ1) is 16.3. The van der Waals surface area contributed by atoms with Gasteiger partial charge < -0.3 is 15.9 Å². The maximum atomic E-state index is 13.7. The summed E-state index contributed by atoms with van der Waals surface area (Å²) >= 11 is 1.06. The monoisotopic (exact) mass is 508 g/mol. The summed E-state index contributed by atoms with van der Waals surface area (Å²) in [6.07, 6.45) is 0. The van der Waals surface area contributed by atoms with E-state index >= 15 is 0 Å². The fourth-order valence-corrected chi connectivity index (χ4v) is 5.09. The smallest absolute Gasteiger partial charge is 0.243 e. The molecule has 0 saturated heterocycles. The Hall–Kier alpha value is -3.16. The molecule has 34 heavy (non-hydrogen) atoms. The Balaban J connectivity index is 1.54. The Bertz CT molecular complexity index is 1230. The van der Waals surface area contributed by atoms with Crippen LogP contribution in [0.1, 0.15) is 19.7 Å². The average molecular weight is 509 g/mol. The van der Waals surface area contributed by atoms with Crippen LogP contribution in [0.5, 0.6) is 5.75 Å². The van der Waals surface area contributed by atoms with E-state index in [2.05, 4.69) is 15.5 Å². The van der Waals surface area contributed by atoms with Crippen molar-refractivity contribution in [2.24, 2.45) is 0 Å². The summed E-state index contributed by atoms with van der Waals surface area (Å²) in [5.74, 6) is 5.43. The Labute approximate surface area is 201 Å². The van der Waals surface area contributed by atoms with Gasteiger partial charge in [-0.25, -0.2) is 17.5 Å². The van der Waals surface area contributed by atoms with E-state index in [4.69, 9.17) is 10.6 Å². The molecule has 1 amide bonds. The van der Waals surface area contributed by atoms with Crippen LogP contribution in [0, 0.1) is 5.82 Å². The molecule has 3 aromatic rings. The maximum Gasteiger partial charge on any atom is 0.243 e. The number of halogens is 1. The van der Waals surface area contributed by atoms with Crippen LogP contribution in [0.15, 0.2) is 58.6 Å². The zero-order chi connectivity index (χ0) is 24.7. The van der Waals surface area contributed by atoms with Crippen LogP contribution in [0.3, 0.4) is 0 Å². The molecule has 0 aliphatic heterocycles. The van der Waals surface area contributed by atoms with E-state index in [1.54, 1.807) is 26.0 Å². The van der Waals surface area contributed by atoms with Crippen molar-refractivity contribution in [3.63, 3.8) is 0 Å². The molecule has 1 aromatic heterocycles. The number of benzene rings is 2. The zero-order valence-corrected chi connectivity index (χ0v) is 20.3. The lowest BCUT2D eigenvalue weighted by Crippen LogP contribution is -2.30. The molecular formula is C21H25FN6O4S2. The minimum absolute atomic E-state index is 0.0109. The second kappa shape index (κ2) is 11.3. The summed E-state index contributed by atoms with van der Waals surface area (Å²) < 4.78 is 46.6. The Morgan fingerprint density at radius 3 is 2.47 bits per heavy atom. The van der Waals surface area contributed by atoms with E-state index in [-0.39, 0.29) is 39.9 Å². The Morgan fingerprint density at radius 2 is 1.82 bits per heavy atom. The Morgan fingerprint density at radius 1 is 1.15 bits per heavy atom. The van der Waals surface area contributed by atoms with Crippen molar-refractivity contribution in [2.45, 2.75) is 30.5 Å². The lowest BCUT2D eigenvalue weighted by atomic mass is 10.3. The number of nitrogens with one attached hydrogen (secondary N) is 1. The van der Waals surface area contributed by atoms with E-state index in [9.17, 15) is 17.6 Å². The topological polar surface area (TPSA) is 132 Å². The molecule has 3 N–H and O–H groups in total. The second-order valence-electron chi connectivity index (χ2n) is 6.94. The summed E-state index contributed by atoms with van der Waals surface area (Å²) in [7, 11) is -3.57. The molecule has 13 heteroatoms. The molecular weight excluding hydrogens is 483 g/mol. The summed E-state index contributed by atoms with van der Waals surface area (Å²) in [6, 6.07) is 11.9. The maximum absolute atomic E-state index is 13.7. The van der Waals surface area contributed by atoms with Crippen molar-refractivity contribution >= 4 is 33.4 Å². The van der Waals surface area contributed by atoms with Gasteiger partial charge in [0.15, 0.2) is 17.4 Å². The van der Waals surface area contributed by atoms with E-state index in [1.165, 1.54) is 45.4 Å². The first-order valence-corrected chi connectivity index (χ1v) is 12.8. The highest BCUT2D eigenvalue weighted by molar-refractivity contribution is 7.99. The lowest BCUT2D eigenvalue weighted by molar-refractivity contribution is -0.113. The Kier molecular flexibility index (Phi) is 8.47. The number of rotatable bonds is 11. The van der Waals surface area contributed by atoms with Gasteiger partial charge in [-0.2, -0.15) is 4.31 Å². The molecule has 0 spiro atoms. The molecule has 0 bridgehead atoms. The molecule has 0 aliphatic carbocycles. The number of aromatic nitrogens is 3. The van der Waals surface area contributed by atoms with E-state index in [1.807, 2.05) is 0 Å². The van der Waals surface area contributed by atoms with E-state index < -0.39 is 15.8 Å². The molecule has 0 fully saturated rings. The van der Waals surface area contributed by atoms with Gasteiger partial charge in [-0.1, -0.05) is 37.7 Å². The number of para-hydroxylation sites is 1. The van der Waals surface area contributed by atoms with Gasteiger partial charge in [-0.05, 0) is 36.4 Å². The number of anilines is 1. The van der Waals surface area contributed by atoms with Crippen LogP contribution >= 0.6 is 11.8 Å². The summed E-state index contributed by atoms with van der Waals surface area (Å²) in [6.45, 7) is 4.19. The van der Waals surface area contributed by atoms with Gasteiger partial charge in [-0.3, -0.25) is 4.79 Å². The van der Waals surface area contributed by atoms with Crippen molar-refractivity contribution in [1.29, 1.82) is 0 Å². The number of hydrogen-bond donors (Lipinski definition) is 2. The normalized spacial score (nSPS) is 11.5. The molecule has 182 valence electrons. The number of carbonyl (C=O) groups excluding carboxylic acids is 1. The highest BCUT2D eigenvalue weighted by Crippen LogP contribution is 2.20. The van der Waals surface area contributed by atoms with E-state index in [0.717, 1.165) is 11.8 Å². The quantitative estimate of drug-likeness (QED) is 0.298. The molecule has 0 aliphatic rings. The molecule has 0 saturated carbocycles. The minimum atomic E-state index is -3.57. The van der Waals surface area contributed by atoms with Crippen molar-refractivity contribution in [2.75, 3.05) is 30.0 Å². The van der Waals surface area contributed by atoms with Crippen molar-refractivity contribution < 1.29 is 22.3 Å². The predicted octanol–water partition coefficient (Wildman–Crippen LogP) is 2.47. The minimum Gasteiger partial charge on any atom is -0.482 e. The van der Waals surface area contributed by atoms with Crippen molar-refractivity contribution in [1.82, 2.24) is 19.2 Å². The number of nitrogens with zero attached hydrogens (tertiary/aromatic N) is 4. The highest BCUT2D eigenvalue weighted by atomic mass is 32.2. The third-order valence-corrected chi connectivity index (χ3v) is 7.75. The van der Waals surface area contributed by atoms with Gasteiger partial charge in [0.1, 0.15) is 6.61 Å². The third kappa shape index (κ3) is 6.04. The standard InChI is InChI=1S/C21H25FN6O4S2/c1-3-27(4-2)34(30,31)16-11-9-15(10-12-16)24-20(29)14-33-21-26-25-19(28(21)23)13-32-18-8-6-5-7-17(18)22/h5-12H,3-4,13-14,23H2,1-2H3,(H,24,29). The molecule has 3 rings (SSSR count). The fraction of sp³-hybridized carbons (Fsp3) is 0.286. The van der Waals surface area contributed by atoms with Crippen LogP contribution in [0.4, 0.5) is 10.1 Å². The lowest BCUT2D eigenvalue weighted by Gasteiger charge is -2.18. The molecule has 0 radical (unpaired) electrons. The van der Waals surface area contributed by atoms with Crippen LogP contribution in [0.25, 0.3) is 0 Å². The van der Waals surface area contributed by atoms with Gasteiger partial charge in [0.25, 0.3) is 0 Å². The molecule has 2 aromatic carbocycles. The van der Waals surface area contributed by atoms with Gasteiger partial charge in [0.2, 0.25) is 21.1 Å². The summed E-state index contributed by atoms with van der Waals surface area (Å²) in [5, 5.41) is 10.8. The molecule has 0 atom stereocenters. The molecule has 10 nitrogen and oxygen atoms in total. The average Bonchev–Trinajstić information content (AvgIpc) is 3.17. The van der Waals surface area contributed by atoms with Crippen LogP contribution < -0.4 is 15.9 Å². The number of nitrogen functional groups attached to an aromatic ring is 1. The van der Waals surface area contributed by atoms with Gasteiger partial charge in [0, 0.05) is 18.8 Å². The van der Waals surface area contributed by atoms with Crippen molar-refractivity contribution in [3.05, 3.63) is 60.2 Å². The third-order valence-electron chi connectivity index (χ3n) is 4.74. The first kappa shape index (κ1) is 25.5. The first-order valence-electron chi connectivity index (χ1n) is 10.4. The zero-order valence-electron chi connectivity index (χ0n) is 18.6. The van der Waals surface area contributed by atoms with Gasteiger partial charge in [-0.15, -0.1) is 10.2 Å². The van der Waals surface area contributed by atoms with Crippen LogP contribution in [-0.2, 0) is 21.4 Å². The number of ether oxygens (including phenoxy) is 1. The van der Waals surface area contributed by atoms with Crippen LogP contribution in [-0.4, -0.2) is 52.3 Å². The number of carbonyl (C=O) groups is 1. The predicted molar refractivity (Wildman–Crippen MR) is 127 cm³/mol. The van der Waals surface area contributed by atoms with Crippen LogP contribution in [0.2, 0.25) is 0 Å². The molecule has 0 unspecified atom stereocenters. The number of nitrogens with two attached hydrogens (primary N) is 1. The van der Waals surface area contributed by atoms with Crippen molar-refractivity contribution in [3.8, 4) is 5.75 Å². The molecule has 1 heterocycles. The number of thioether (sulfide) groups is 1. The number of hydrogen-bond acceptors (Lipinski definition) is 8. The number of amides is 1. The summed E-state index contributed by atoms with van der Waals surface area (Å²) in [4.78, 5) is 12.5.